The molecule has 2 aliphatic heterocycles. The van der Waals surface area contributed by atoms with Crippen LogP contribution in [0.3, 0.4) is 0 Å². The minimum atomic E-state index is -0.957. The van der Waals surface area contributed by atoms with Crippen molar-refractivity contribution in [2.45, 2.75) is 38.6 Å². The number of hydrogen-bond acceptors (Lipinski definition) is 6. The lowest BCUT2D eigenvalue weighted by molar-refractivity contribution is -0.143. The van der Waals surface area contributed by atoms with Gasteiger partial charge in [0, 0.05) is 49.9 Å². The molecule has 170 valence electrons. The third kappa shape index (κ3) is 4.72. The minimum absolute atomic E-state index is 0.00281. The number of rotatable bonds is 6. The average Bonchev–Trinajstić information content (AvgIpc) is 3.25. The number of carboxylic acid groups (broad SMARTS) is 1. The number of aliphatic carboxylic acids is 1. The molecule has 0 bridgehead atoms. The van der Waals surface area contributed by atoms with Gasteiger partial charge in [-0.05, 0) is 23.1 Å². The maximum Gasteiger partial charge on any atom is 0.321 e. The standard InChI is InChI=1S/C25H30N2O5/c1-25(2,3)18-6-4-17(5-7-18)21(28)15-20(24(29)30)27-12-10-26(11-13-27)19-8-9-22-23(14-19)32-16-31-22/h4-9,14,20H,10-13,15-16H2,1-3H3,(H,29,30)/t20-/m0/s1. The Balaban J connectivity index is 1.38. The van der Waals surface area contributed by atoms with Gasteiger partial charge >= 0.3 is 5.97 Å². The fraction of sp³-hybridized carbons (Fsp3) is 0.440. The molecule has 0 unspecified atom stereocenters. The van der Waals surface area contributed by atoms with E-state index in [9.17, 15) is 14.7 Å². The van der Waals surface area contributed by atoms with Crippen LogP contribution in [0, 0.1) is 0 Å². The topological polar surface area (TPSA) is 79.3 Å². The summed E-state index contributed by atoms with van der Waals surface area (Å²) in [5, 5.41) is 9.82. The average molecular weight is 439 g/mol. The van der Waals surface area contributed by atoms with Gasteiger partial charge in [0.1, 0.15) is 6.04 Å². The fourth-order valence-electron chi connectivity index (χ4n) is 4.20. The van der Waals surface area contributed by atoms with Crippen molar-refractivity contribution in [2.75, 3.05) is 37.9 Å². The van der Waals surface area contributed by atoms with E-state index in [1.165, 1.54) is 0 Å². The number of ketones is 1. The van der Waals surface area contributed by atoms with E-state index in [0.717, 1.165) is 22.7 Å². The van der Waals surface area contributed by atoms with Crippen molar-refractivity contribution in [1.82, 2.24) is 4.90 Å². The second-order valence-corrected chi connectivity index (χ2v) is 9.37. The summed E-state index contributed by atoms with van der Waals surface area (Å²) < 4.78 is 10.8. The number of piperazine rings is 1. The van der Waals surface area contributed by atoms with E-state index in [4.69, 9.17) is 9.47 Å². The van der Waals surface area contributed by atoms with Crippen LogP contribution in [0.15, 0.2) is 42.5 Å². The number of carbonyl (C=O) groups excluding carboxylic acids is 1. The van der Waals surface area contributed by atoms with Gasteiger partial charge in [-0.15, -0.1) is 0 Å². The largest absolute Gasteiger partial charge is 0.480 e. The Morgan fingerprint density at radius 2 is 1.62 bits per heavy atom. The highest BCUT2D eigenvalue weighted by atomic mass is 16.7. The molecule has 1 fully saturated rings. The van der Waals surface area contributed by atoms with E-state index in [2.05, 4.69) is 25.7 Å². The summed E-state index contributed by atoms with van der Waals surface area (Å²) in [4.78, 5) is 28.9. The monoisotopic (exact) mass is 438 g/mol. The highest BCUT2D eigenvalue weighted by molar-refractivity contribution is 5.98. The lowest BCUT2D eigenvalue weighted by Crippen LogP contribution is -2.53. The molecule has 0 amide bonds. The molecule has 2 aliphatic rings. The minimum Gasteiger partial charge on any atom is -0.480 e. The first-order valence-corrected chi connectivity index (χ1v) is 11.0. The smallest absolute Gasteiger partial charge is 0.321 e. The maximum absolute atomic E-state index is 12.8. The Morgan fingerprint density at radius 3 is 2.25 bits per heavy atom. The van der Waals surface area contributed by atoms with Gasteiger partial charge in [-0.2, -0.15) is 0 Å². The van der Waals surface area contributed by atoms with Gasteiger partial charge in [-0.25, -0.2) is 0 Å². The molecule has 0 saturated carbocycles. The van der Waals surface area contributed by atoms with E-state index in [1.807, 2.05) is 35.2 Å². The van der Waals surface area contributed by atoms with Crippen molar-refractivity contribution in [2.24, 2.45) is 0 Å². The van der Waals surface area contributed by atoms with Gasteiger partial charge in [-0.3, -0.25) is 14.5 Å². The SMILES string of the molecule is CC(C)(C)c1ccc(C(=O)C[C@@H](C(=O)O)N2CCN(c3ccc4c(c3)OCO4)CC2)cc1. The number of nitrogens with zero attached hydrogens (tertiary/aromatic N) is 2. The van der Waals surface area contributed by atoms with Crippen LogP contribution >= 0.6 is 0 Å². The number of carboxylic acids is 1. The normalized spacial score (nSPS) is 17.3. The number of hydrogen-bond donors (Lipinski definition) is 1. The molecule has 2 aromatic rings. The Hall–Kier alpha value is -3.06. The number of ether oxygens (including phenoxy) is 2. The summed E-state index contributed by atoms with van der Waals surface area (Å²) >= 11 is 0. The Bertz CT molecular complexity index is 988. The molecule has 0 aromatic heterocycles. The van der Waals surface area contributed by atoms with Crippen molar-refractivity contribution in [3.05, 3.63) is 53.6 Å². The van der Waals surface area contributed by atoms with Crippen molar-refractivity contribution in [3.8, 4) is 11.5 Å². The first-order chi connectivity index (χ1) is 15.2. The third-order valence-electron chi connectivity index (χ3n) is 6.21. The van der Waals surface area contributed by atoms with Gasteiger partial charge in [0.2, 0.25) is 6.79 Å². The number of fused-ring (bicyclic) bond motifs is 1. The lowest BCUT2D eigenvalue weighted by atomic mass is 9.86. The molecule has 2 aromatic carbocycles. The van der Waals surface area contributed by atoms with Crippen LogP contribution in [0.4, 0.5) is 5.69 Å². The van der Waals surface area contributed by atoms with Gasteiger partial charge in [0.25, 0.3) is 0 Å². The second-order valence-electron chi connectivity index (χ2n) is 9.37. The van der Waals surface area contributed by atoms with Gasteiger partial charge in [0.05, 0.1) is 0 Å². The highest BCUT2D eigenvalue weighted by Gasteiger charge is 2.31. The molecule has 0 radical (unpaired) electrons. The van der Waals surface area contributed by atoms with E-state index in [0.29, 0.717) is 31.7 Å². The molecule has 0 aliphatic carbocycles. The Morgan fingerprint density at radius 1 is 0.969 bits per heavy atom. The van der Waals surface area contributed by atoms with Crippen LogP contribution in [-0.4, -0.2) is 60.8 Å². The van der Waals surface area contributed by atoms with Crippen LogP contribution in [-0.2, 0) is 10.2 Å². The summed E-state index contributed by atoms with van der Waals surface area (Å²) in [6.07, 6.45) is -0.0335. The molecule has 4 rings (SSSR count). The fourth-order valence-corrected chi connectivity index (χ4v) is 4.20. The van der Waals surface area contributed by atoms with E-state index < -0.39 is 12.0 Å². The summed E-state index contributed by atoms with van der Waals surface area (Å²) in [6.45, 7) is 9.09. The first kappa shape index (κ1) is 22.1. The Kier molecular flexibility index (Phi) is 6.11. The van der Waals surface area contributed by atoms with Crippen LogP contribution in [0.25, 0.3) is 0 Å². The van der Waals surface area contributed by atoms with Crippen LogP contribution in [0.5, 0.6) is 11.5 Å². The van der Waals surface area contributed by atoms with Gasteiger partial charge < -0.3 is 19.5 Å². The molecular formula is C25H30N2O5. The number of carbonyl (C=O) groups is 2. The van der Waals surface area contributed by atoms with Crippen molar-refractivity contribution >= 4 is 17.4 Å². The second kappa shape index (κ2) is 8.82. The van der Waals surface area contributed by atoms with Gasteiger partial charge in [0.15, 0.2) is 17.3 Å². The molecule has 1 saturated heterocycles. The first-order valence-electron chi connectivity index (χ1n) is 11.0. The van der Waals surface area contributed by atoms with Crippen molar-refractivity contribution < 1.29 is 24.2 Å². The molecule has 32 heavy (non-hydrogen) atoms. The highest BCUT2D eigenvalue weighted by Crippen LogP contribution is 2.35. The molecular weight excluding hydrogens is 408 g/mol. The van der Waals surface area contributed by atoms with E-state index >= 15 is 0 Å². The zero-order valence-corrected chi connectivity index (χ0v) is 18.8. The third-order valence-corrected chi connectivity index (χ3v) is 6.21. The van der Waals surface area contributed by atoms with E-state index in [1.54, 1.807) is 12.1 Å². The Labute approximate surface area is 188 Å². The predicted molar refractivity (Wildman–Crippen MR) is 122 cm³/mol. The molecule has 0 spiro atoms. The molecule has 7 nitrogen and oxygen atoms in total. The zero-order chi connectivity index (χ0) is 22.9. The summed E-state index contributed by atoms with van der Waals surface area (Å²) in [5.74, 6) is 0.376. The summed E-state index contributed by atoms with van der Waals surface area (Å²) in [6, 6.07) is 12.5. The molecule has 1 N–H and O–H groups in total. The van der Waals surface area contributed by atoms with E-state index in [-0.39, 0.29) is 24.4 Å². The molecule has 2 heterocycles. The van der Waals surface area contributed by atoms with Crippen molar-refractivity contribution in [3.63, 3.8) is 0 Å². The van der Waals surface area contributed by atoms with Crippen LogP contribution < -0.4 is 14.4 Å². The van der Waals surface area contributed by atoms with Gasteiger partial charge in [-0.1, -0.05) is 45.0 Å². The number of benzene rings is 2. The van der Waals surface area contributed by atoms with Crippen molar-refractivity contribution in [1.29, 1.82) is 0 Å². The quantitative estimate of drug-likeness (QED) is 0.691. The summed E-state index contributed by atoms with van der Waals surface area (Å²) in [7, 11) is 0. The summed E-state index contributed by atoms with van der Waals surface area (Å²) in [5.41, 5.74) is 2.73. The number of Topliss-reactive ketones (excluding diaryl/α,β-unsaturated/α-hetero) is 1. The molecule has 7 heteroatoms. The van der Waals surface area contributed by atoms with Crippen LogP contribution in [0.2, 0.25) is 0 Å². The predicted octanol–water partition coefficient (Wildman–Crippen LogP) is 3.56. The number of anilines is 1. The lowest BCUT2D eigenvalue weighted by Gasteiger charge is -2.38. The van der Waals surface area contributed by atoms with Crippen LogP contribution in [0.1, 0.15) is 43.1 Å². The zero-order valence-electron chi connectivity index (χ0n) is 18.8. The molecule has 1 atom stereocenters. The maximum atomic E-state index is 12.8.